The number of pyridine rings is 1. The van der Waals surface area contributed by atoms with Gasteiger partial charge >= 0.3 is 11.8 Å². The van der Waals surface area contributed by atoms with Crippen LogP contribution in [0.15, 0.2) is 42.6 Å². The van der Waals surface area contributed by atoms with Crippen molar-refractivity contribution in [2.24, 2.45) is 0 Å². The van der Waals surface area contributed by atoms with Crippen LogP contribution in [0, 0.1) is 12.7 Å². The topological polar surface area (TPSA) is 71.1 Å². The number of rotatable bonds is 4. The molecule has 1 aromatic heterocycles. The Morgan fingerprint density at radius 2 is 2.00 bits per heavy atom. The van der Waals surface area contributed by atoms with Crippen molar-refractivity contribution >= 4 is 17.5 Å². The van der Waals surface area contributed by atoms with Crippen LogP contribution in [0.1, 0.15) is 11.3 Å². The molecule has 0 atom stereocenters. The van der Waals surface area contributed by atoms with Gasteiger partial charge in [-0.1, -0.05) is 12.1 Å². The van der Waals surface area contributed by atoms with E-state index in [0.717, 1.165) is 5.69 Å². The molecule has 2 amide bonds. The number of aryl methyl sites for hydroxylation is 1. The zero-order valence-electron chi connectivity index (χ0n) is 12.1. The van der Waals surface area contributed by atoms with Gasteiger partial charge in [-0.3, -0.25) is 14.6 Å². The first-order valence-electron chi connectivity index (χ1n) is 6.81. The Kier molecular flexibility index (Phi) is 5.19. The Bertz CT molecular complexity index is 674. The predicted molar refractivity (Wildman–Crippen MR) is 80.7 cm³/mol. The molecular weight excluding hydrogens is 285 g/mol. The number of benzene rings is 1. The van der Waals surface area contributed by atoms with E-state index < -0.39 is 17.6 Å². The molecule has 22 heavy (non-hydrogen) atoms. The molecule has 0 aliphatic rings. The molecule has 0 saturated carbocycles. The molecule has 1 heterocycles. The minimum Gasteiger partial charge on any atom is -0.347 e. The lowest BCUT2D eigenvalue weighted by Crippen LogP contribution is -2.36. The van der Waals surface area contributed by atoms with Crippen molar-refractivity contribution in [2.45, 2.75) is 13.3 Å². The lowest BCUT2D eigenvalue weighted by Gasteiger charge is -2.08. The average molecular weight is 301 g/mol. The SMILES string of the molecule is Cc1ccc(F)cc1NC(=O)C(=O)NCCc1ccccn1. The number of carbonyl (C=O) groups is 2. The number of nitrogens with one attached hydrogen (secondary N) is 2. The minimum absolute atomic E-state index is 0.282. The summed E-state index contributed by atoms with van der Waals surface area (Å²) < 4.78 is 13.1. The average Bonchev–Trinajstić information content (AvgIpc) is 2.52. The molecule has 5 nitrogen and oxygen atoms in total. The Hall–Kier alpha value is -2.76. The molecule has 0 unspecified atom stereocenters. The van der Waals surface area contributed by atoms with Gasteiger partial charge < -0.3 is 10.6 Å². The smallest absolute Gasteiger partial charge is 0.313 e. The first kappa shape index (κ1) is 15.6. The third-order valence-electron chi connectivity index (χ3n) is 3.05. The summed E-state index contributed by atoms with van der Waals surface area (Å²) in [5.74, 6) is -2.06. The number of halogens is 1. The van der Waals surface area contributed by atoms with Gasteiger partial charge in [-0.15, -0.1) is 0 Å². The van der Waals surface area contributed by atoms with Gasteiger partial charge in [0.2, 0.25) is 0 Å². The van der Waals surface area contributed by atoms with Gasteiger partial charge in [-0.2, -0.15) is 0 Å². The molecule has 0 spiro atoms. The molecule has 0 radical (unpaired) electrons. The molecule has 2 rings (SSSR count). The predicted octanol–water partition coefficient (Wildman–Crippen LogP) is 1.83. The van der Waals surface area contributed by atoms with Crippen LogP contribution in [0.3, 0.4) is 0 Å². The van der Waals surface area contributed by atoms with Gasteiger partial charge in [0.1, 0.15) is 5.82 Å². The Labute approximate surface area is 127 Å². The van der Waals surface area contributed by atoms with Gasteiger partial charge in [0.15, 0.2) is 0 Å². The number of hydrogen-bond donors (Lipinski definition) is 2. The number of carbonyl (C=O) groups excluding carboxylic acids is 2. The Morgan fingerprint density at radius 3 is 2.73 bits per heavy atom. The molecule has 0 fully saturated rings. The maximum atomic E-state index is 13.1. The van der Waals surface area contributed by atoms with Crippen LogP contribution in [0.5, 0.6) is 0 Å². The lowest BCUT2D eigenvalue weighted by atomic mass is 10.2. The fourth-order valence-electron chi connectivity index (χ4n) is 1.84. The molecule has 2 N–H and O–H groups in total. The molecule has 0 aliphatic heterocycles. The molecule has 114 valence electrons. The van der Waals surface area contributed by atoms with Crippen LogP contribution in [0.25, 0.3) is 0 Å². The standard InChI is InChI=1S/C16H16FN3O2/c1-11-5-6-12(17)10-14(11)20-16(22)15(21)19-9-7-13-4-2-3-8-18-13/h2-6,8,10H,7,9H2,1H3,(H,19,21)(H,20,22). The van der Waals surface area contributed by atoms with Crippen molar-refractivity contribution in [2.75, 3.05) is 11.9 Å². The van der Waals surface area contributed by atoms with Crippen molar-refractivity contribution in [1.29, 1.82) is 0 Å². The minimum atomic E-state index is -0.824. The van der Waals surface area contributed by atoms with E-state index in [9.17, 15) is 14.0 Å². The second kappa shape index (κ2) is 7.31. The van der Waals surface area contributed by atoms with Crippen LogP contribution in [-0.4, -0.2) is 23.3 Å². The fraction of sp³-hybridized carbons (Fsp3) is 0.188. The van der Waals surface area contributed by atoms with E-state index in [1.165, 1.54) is 18.2 Å². The normalized spacial score (nSPS) is 10.1. The van der Waals surface area contributed by atoms with Crippen molar-refractivity contribution < 1.29 is 14.0 Å². The first-order chi connectivity index (χ1) is 10.6. The fourth-order valence-corrected chi connectivity index (χ4v) is 1.84. The summed E-state index contributed by atoms with van der Waals surface area (Å²) in [6.07, 6.45) is 2.19. The van der Waals surface area contributed by atoms with Crippen molar-refractivity contribution in [3.8, 4) is 0 Å². The summed E-state index contributed by atoms with van der Waals surface area (Å²) in [5, 5.41) is 4.89. The van der Waals surface area contributed by atoms with Gasteiger partial charge in [-0.25, -0.2) is 4.39 Å². The third kappa shape index (κ3) is 4.37. The first-order valence-corrected chi connectivity index (χ1v) is 6.81. The number of hydrogen-bond acceptors (Lipinski definition) is 3. The lowest BCUT2D eigenvalue weighted by molar-refractivity contribution is -0.136. The van der Waals surface area contributed by atoms with Crippen LogP contribution in [0.2, 0.25) is 0 Å². The highest BCUT2D eigenvalue weighted by Crippen LogP contribution is 2.15. The van der Waals surface area contributed by atoms with Crippen LogP contribution >= 0.6 is 0 Å². The molecular formula is C16H16FN3O2. The highest BCUT2D eigenvalue weighted by atomic mass is 19.1. The van der Waals surface area contributed by atoms with Crippen molar-refractivity contribution in [3.63, 3.8) is 0 Å². The highest BCUT2D eigenvalue weighted by Gasteiger charge is 2.14. The Balaban J connectivity index is 1.84. The summed E-state index contributed by atoms with van der Waals surface area (Å²) in [7, 11) is 0. The van der Waals surface area contributed by atoms with Crippen LogP contribution in [0.4, 0.5) is 10.1 Å². The van der Waals surface area contributed by atoms with Crippen LogP contribution in [-0.2, 0) is 16.0 Å². The summed E-state index contributed by atoms with van der Waals surface area (Å²) in [5.41, 5.74) is 1.78. The second-order valence-electron chi connectivity index (χ2n) is 4.74. The largest absolute Gasteiger partial charge is 0.347 e. The number of anilines is 1. The maximum Gasteiger partial charge on any atom is 0.313 e. The summed E-state index contributed by atoms with van der Waals surface area (Å²) >= 11 is 0. The molecule has 0 aliphatic carbocycles. The quantitative estimate of drug-likeness (QED) is 0.846. The molecule has 2 aromatic rings. The summed E-state index contributed by atoms with van der Waals surface area (Å²) in [6.45, 7) is 2.01. The van der Waals surface area contributed by atoms with Gasteiger partial charge in [-0.05, 0) is 36.8 Å². The molecule has 0 saturated heterocycles. The molecule has 1 aromatic carbocycles. The summed E-state index contributed by atoms with van der Waals surface area (Å²) in [6, 6.07) is 9.49. The van der Waals surface area contributed by atoms with E-state index in [1.807, 2.05) is 12.1 Å². The number of nitrogens with zero attached hydrogens (tertiary/aromatic N) is 1. The Morgan fingerprint density at radius 1 is 1.18 bits per heavy atom. The van der Waals surface area contributed by atoms with Gasteiger partial charge in [0.25, 0.3) is 0 Å². The zero-order valence-corrected chi connectivity index (χ0v) is 12.1. The highest BCUT2D eigenvalue weighted by molar-refractivity contribution is 6.39. The molecule has 0 bridgehead atoms. The third-order valence-corrected chi connectivity index (χ3v) is 3.05. The van der Waals surface area contributed by atoms with Gasteiger partial charge in [0, 0.05) is 30.5 Å². The zero-order chi connectivity index (χ0) is 15.9. The monoisotopic (exact) mass is 301 g/mol. The van der Waals surface area contributed by atoms with Crippen molar-refractivity contribution in [1.82, 2.24) is 10.3 Å². The van der Waals surface area contributed by atoms with Crippen molar-refractivity contribution in [3.05, 3.63) is 59.7 Å². The van der Waals surface area contributed by atoms with E-state index >= 15 is 0 Å². The van der Waals surface area contributed by atoms with Crippen LogP contribution < -0.4 is 10.6 Å². The number of aromatic nitrogens is 1. The van der Waals surface area contributed by atoms with E-state index in [2.05, 4.69) is 15.6 Å². The molecule has 6 heteroatoms. The van der Waals surface area contributed by atoms with E-state index in [1.54, 1.807) is 19.2 Å². The maximum absolute atomic E-state index is 13.1. The van der Waals surface area contributed by atoms with Gasteiger partial charge in [0.05, 0.1) is 0 Å². The number of amides is 2. The van der Waals surface area contributed by atoms with E-state index in [0.29, 0.717) is 18.5 Å². The van der Waals surface area contributed by atoms with E-state index in [-0.39, 0.29) is 5.69 Å². The second-order valence-corrected chi connectivity index (χ2v) is 4.74. The van der Waals surface area contributed by atoms with E-state index in [4.69, 9.17) is 0 Å². The summed E-state index contributed by atoms with van der Waals surface area (Å²) in [4.78, 5) is 27.6.